The fourth-order valence-corrected chi connectivity index (χ4v) is 1.45. The summed E-state index contributed by atoms with van der Waals surface area (Å²) in [4.78, 5) is 11.5. The maximum absolute atomic E-state index is 11.5. The monoisotopic (exact) mass is 250 g/mol. The molecule has 0 heterocycles. The summed E-state index contributed by atoms with van der Waals surface area (Å²) in [6.07, 6.45) is 3.84. The van der Waals surface area contributed by atoms with E-state index >= 15 is 0 Å². The van der Waals surface area contributed by atoms with Gasteiger partial charge in [-0.25, -0.2) is 0 Å². The fraction of sp³-hybridized carbons (Fsp3) is 0.357. The highest BCUT2D eigenvalue weighted by molar-refractivity contribution is 5.73. The zero-order valence-electron chi connectivity index (χ0n) is 10.9. The SMILES string of the molecule is CC=CCOC(=O)Cc1ccc(OC)c(OC)c1. The van der Waals surface area contributed by atoms with Crippen LogP contribution in [0.25, 0.3) is 0 Å². The van der Waals surface area contributed by atoms with E-state index in [4.69, 9.17) is 14.2 Å². The quantitative estimate of drug-likeness (QED) is 0.574. The lowest BCUT2D eigenvalue weighted by Gasteiger charge is -2.09. The zero-order chi connectivity index (χ0) is 13.4. The molecule has 0 saturated heterocycles. The molecule has 0 aliphatic heterocycles. The van der Waals surface area contributed by atoms with Crippen LogP contribution in [0, 0.1) is 0 Å². The van der Waals surface area contributed by atoms with Crippen LogP contribution in [0.2, 0.25) is 0 Å². The van der Waals surface area contributed by atoms with Gasteiger partial charge < -0.3 is 14.2 Å². The van der Waals surface area contributed by atoms with Crippen LogP contribution in [0.5, 0.6) is 11.5 Å². The third-order valence-corrected chi connectivity index (χ3v) is 2.37. The fourth-order valence-electron chi connectivity index (χ4n) is 1.45. The Morgan fingerprint density at radius 3 is 2.56 bits per heavy atom. The maximum Gasteiger partial charge on any atom is 0.310 e. The second-order valence-electron chi connectivity index (χ2n) is 3.62. The van der Waals surface area contributed by atoms with E-state index in [1.807, 2.05) is 19.1 Å². The Bertz CT molecular complexity index is 424. The number of methoxy groups -OCH3 is 2. The molecule has 0 aliphatic rings. The van der Waals surface area contributed by atoms with Gasteiger partial charge in [-0.15, -0.1) is 0 Å². The first-order valence-electron chi connectivity index (χ1n) is 5.69. The van der Waals surface area contributed by atoms with E-state index in [9.17, 15) is 4.79 Å². The summed E-state index contributed by atoms with van der Waals surface area (Å²) in [6.45, 7) is 2.19. The van der Waals surface area contributed by atoms with E-state index in [0.29, 0.717) is 18.1 Å². The summed E-state index contributed by atoms with van der Waals surface area (Å²) >= 11 is 0. The Balaban J connectivity index is 2.64. The van der Waals surface area contributed by atoms with Gasteiger partial charge in [-0.1, -0.05) is 18.2 Å². The Hall–Kier alpha value is -1.97. The number of ether oxygens (including phenoxy) is 3. The second kappa shape index (κ2) is 7.37. The molecule has 18 heavy (non-hydrogen) atoms. The lowest BCUT2D eigenvalue weighted by Crippen LogP contribution is -2.08. The van der Waals surface area contributed by atoms with Crippen molar-refractivity contribution >= 4 is 5.97 Å². The lowest BCUT2D eigenvalue weighted by atomic mass is 10.1. The first kappa shape index (κ1) is 14.1. The Morgan fingerprint density at radius 2 is 1.94 bits per heavy atom. The van der Waals surface area contributed by atoms with Crippen LogP contribution in [-0.4, -0.2) is 26.8 Å². The minimum Gasteiger partial charge on any atom is -0.493 e. The molecule has 4 heteroatoms. The number of benzene rings is 1. The molecule has 0 unspecified atom stereocenters. The predicted molar refractivity (Wildman–Crippen MR) is 69.0 cm³/mol. The molecule has 0 N–H and O–H groups in total. The van der Waals surface area contributed by atoms with Crippen LogP contribution in [0.1, 0.15) is 12.5 Å². The standard InChI is InChI=1S/C14H18O4/c1-4-5-8-18-14(15)10-11-6-7-12(16-2)13(9-11)17-3/h4-7,9H,8,10H2,1-3H3. The van der Waals surface area contributed by atoms with Crippen molar-refractivity contribution in [1.82, 2.24) is 0 Å². The van der Waals surface area contributed by atoms with Crippen molar-refractivity contribution in [2.45, 2.75) is 13.3 Å². The number of rotatable bonds is 6. The van der Waals surface area contributed by atoms with Gasteiger partial charge >= 0.3 is 5.97 Å². The number of carbonyl (C=O) groups excluding carboxylic acids is 1. The molecule has 0 fully saturated rings. The summed E-state index contributed by atoms with van der Waals surface area (Å²) in [5, 5.41) is 0. The molecule has 1 rings (SSSR count). The van der Waals surface area contributed by atoms with Gasteiger partial charge in [0.15, 0.2) is 11.5 Å². The minimum absolute atomic E-state index is 0.220. The van der Waals surface area contributed by atoms with Gasteiger partial charge in [0.1, 0.15) is 6.61 Å². The normalized spacial score (nSPS) is 10.4. The van der Waals surface area contributed by atoms with Crippen molar-refractivity contribution in [2.24, 2.45) is 0 Å². The molecule has 0 bridgehead atoms. The summed E-state index contributed by atoms with van der Waals surface area (Å²) in [6, 6.07) is 5.36. The van der Waals surface area contributed by atoms with E-state index in [0.717, 1.165) is 5.56 Å². The average molecular weight is 250 g/mol. The topological polar surface area (TPSA) is 44.8 Å². The van der Waals surface area contributed by atoms with Gasteiger partial charge in [-0.2, -0.15) is 0 Å². The summed E-state index contributed by atoms with van der Waals surface area (Å²) < 4.78 is 15.3. The molecule has 0 saturated carbocycles. The highest BCUT2D eigenvalue weighted by Crippen LogP contribution is 2.27. The van der Waals surface area contributed by atoms with E-state index in [1.165, 1.54) is 0 Å². The van der Waals surface area contributed by atoms with Crippen LogP contribution in [0.15, 0.2) is 30.4 Å². The average Bonchev–Trinajstić information content (AvgIpc) is 2.39. The van der Waals surface area contributed by atoms with Gasteiger partial charge in [0.05, 0.1) is 20.6 Å². The van der Waals surface area contributed by atoms with Crippen LogP contribution < -0.4 is 9.47 Å². The third-order valence-electron chi connectivity index (χ3n) is 2.37. The smallest absolute Gasteiger partial charge is 0.310 e. The largest absolute Gasteiger partial charge is 0.493 e. The number of allylic oxidation sites excluding steroid dienone is 1. The van der Waals surface area contributed by atoms with Crippen molar-refractivity contribution in [2.75, 3.05) is 20.8 Å². The molecule has 0 amide bonds. The van der Waals surface area contributed by atoms with Gasteiger partial charge in [0.25, 0.3) is 0 Å². The molecule has 0 spiro atoms. The first-order chi connectivity index (χ1) is 8.71. The van der Waals surface area contributed by atoms with E-state index in [1.54, 1.807) is 32.4 Å². The van der Waals surface area contributed by atoms with E-state index < -0.39 is 0 Å². The van der Waals surface area contributed by atoms with Crippen molar-refractivity contribution in [3.05, 3.63) is 35.9 Å². The number of carbonyl (C=O) groups is 1. The van der Waals surface area contributed by atoms with Gasteiger partial charge in [0.2, 0.25) is 0 Å². The van der Waals surface area contributed by atoms with Gasteiger partial charge in [-0.05, 0) is 24.6 Å². The van der Waals surface area contributed by atoms with E-state index in [2.05, 4.69) is 0 Å². The van der Waals surface area contributed by atoms with Crippen LogP contribution >= 0.6 is 0 Å². The Kier molecular flexibility index (Phi) is 5.77. The predicted octanol–water partition coefficient (Wildman–Crippen LogP) is 2.37. The van der Waals surface area contributed by atoms with Crippen molar-refractivity contribution in [3.63, 3.8) is 0 Å². The van der Waals surface area contributed by atoms with Crippen molar-refractivity contribution in [1.29, 1.82) is 0 Å². The molecule has 1 aromatic rings. The summed E-state index contributed by atoms with van der Waals surface area (Å²) in [5.74, 6) is 0.986. The Morgan fingerprint density at radius 1 is 1.22 bits per heavy atom. The first-order valence-corrected chi connectivity index (χ1v) is 5.69. The molecule has 4 nitrogen and oxygen atoms in total. The number of esters is 1. The molecular formula is C14H18O4. The molecule has 0 aromatic heterocycles. The van der Waals surface area contributed by atoms with Crippen LogP contribution in [0.4, 0.5) is 0 Å². The molecule has 98 valence electrons. The minimum atomic E-state index is -0.264. The molecule has 0 aliphatic carbocycles. The third kappa shape index (κ3) is 4.13. The Labute approximate surface area is 107 Å². The second-order valence-corrected chi connectivity index (χ2v) is 3.62. The van der Waals surface area contributed by atoms with Crippen LogP contribution in [-0.2, 0) is 16.0 Å². The molecule has 1 aromatic carbocycles. The molecule has 0 atom stereocenters. The lowest BCUT2D eigenvalue weighted by molar-refractivity contribution is -0.141. The van der Waals surface area contributed by atoms with Crippen LogP contribution in [0.3, 0.4) is 0 Å². The summed E-state index contributed by atoms with van der Waals surface area (Å²) in [5.41, 5.74) is 0.832. The van der Waals surface area contributed by atoms with Gasteiger partial charge in [-0.3, -0.25) is 4.79 Å². The van der Waals surface area contributed by atoms with Crippen molar-refractivity contribution in [3.8, 4) is 11.5 Å². The number of hydrogen-bond donors (Lipinski definition) is 0. The highest BCUT2D eigenvalue weighted by Gasteiger charge is 2.08. The summed E-state index contributed by atoms with van der Waals surface area (Å²) in [7, 11) is 3.13. The van der Waals surface area contributed by atoms with E-state index in [-0.39, 0.29) is 12.4 Å². The van der Waals surface area contributed by atoms with Gasteiger partial charge in [0, 0.05) is 0 Å². The maximum atomic E-state index is 11.5. The highest BCUT2D eigenvalue weighted by atomic mass is 16.5. The molecule has 0 radical (unpaired) electrons. The molecular weight excluding hydrogens is 232 g/mol. The van der Waals surface area contributed by atoms with Crippen molar-refractivity contribution < 1.29 is 19.0 Å². The zero-order valence-corrected chi connectivity index (χ0v) is 10.9. The number of hydrogen-bond acceptors (Lipinski definition) is 4.